The van der Waals surface area contributed by atoms with Crippen LogP contribution in [0.25, 0.3) is 0 Å². The molecule has 5 heteroatoms. The molecule has 1 aromatic carbocycles. The molecule has 2 aromatic rings. The van der Waals surface area contributed by atoms with E-state index in [0.717, 1.165) is 18.9 Å². The summed E-state index contributed by atoms with van der Waals surface area (Å²) in [7, 11) is 0. The first-order valence-electron chi connectivity index (χ1n) is 6.32. The first kappa shape index (κ1) is 13.5. The normalized spacial score (nSPS) is 10.2. The summed E-state index contributed by atoms with van der Waals surface area (Å²) in [6, 6.07) is 10.2. The lowest BCUT2D eigenvalue weighted by atomic mass is 10.1. The molecule has 1 aromatic heterocycles. The molecule has 0 aliphatic carbocycles. The van der Waals surface area contributed by atoms with Gasteiger partial charge in [-0.05, 0) is 37.2 Å². The summed E-state index contributed by atoms with van der Waals surface area (Å²) in [6.45, 7) is 5.68. The zero-order chi connectivity index (χ0) is 13.7. The fourth-order valence-electron chi connectivity index (χ4n) is 1.80. The Morgan fingerprint density at radius 3 is 2.84 bits per heavy atom. The van der Waals surface area contributed by atoms with Gasteiger partial charge in [-0.2, -0.15) is 5.10 Å². The van der Waals surface area contributed by atoms with Gasteiger partial charge in [0.2, 0.25) is 0 Å². The Bertz CT molecular complexity index is 562. The first-order valence-corrected chi connectivity index (χ1v) is 6.72. The van der Waals surface area contributed by atoms with Gasteiger partial charge >= 0.3 is 0 Å². The highest BCUT2D eigenvalue weighted by Gasteiger charge is 2.03. The van der Waals surface area contributed by atoms with Gasteiger partial charge in [0.25, 0.3) is 0 Å². The van der Waals surface area contributed by atoms with Gasteiger partial charge in [0.1, 0.15) is 0 Å². The number of hydrogen-bond acceptors (Lipinski definition) is 2. The number of thiocarbonyl (C=S) groups is 1. The summed E-state index contributed by atoms with van der Waals surface area (Å²) >= 11 is 5.12. The van der Waals surface area contributed by atoms with E-state index in [4.69, 9.17) is 12.2 Å². The topological polar surface area (TPSA) is 41.9 Å². The molecule has 0 aliphatic rings. The molecule has 1 heterocycles. The third-order valence-corrected chi connectivity index (χ3v) is 3.06. The third-order valence-electron chi connectivity index (χ3n) is 2.81. The number of rotatable bonds is 4. The Balaban J connectivity index is 2.02. The largest absolute Gasteiger partial charge is 0.363 e. The van der Waals surface area contributed by atoms with Crippen molar-refractivity contribution in [3.05, 3.63) is 47.7 Å². The number of benzene rings is 1. The Morgan fingerprint density at radius 1 is 1.32 bits per heavy atom. The maximum Gasteiger partial charge on any atom is 0.171 e. The van der Waals surface area contributed by atoms with Crippen molar-refractivity contribution in [1.82, 2.24) is 15.1 Å². The van der Waals surface area contributed by atoms with Crippen molar-refractivity contribution in [1.29, 1.82) is 0 Å². The average molecular weight is 274 g/mol. The molecule has 2 rings (SSSR count). The molecule has 0 aliphatic heterocycles. The molecule has 19 heavy (non-hydrogen) atoms. The number of aromatic nitrogens is 2. The van der Waals surface area contributed by atoms with Crippen LogP contribution >= 0.6 is 12.2 Å². The van der Waals surface area contributed by atoms with Crippen LogP contribution in [0.15, 0.2) is 36.5 Å². The van der Waals surface area contributed by atoms with Crippen molar-refractivity contribution in [3.63, 3.8) is 0 Å². The molecule has 0 fully saturated rings. The molecule has 0 saturated heterocycles. The molecule has 4 nitrogen and oxygen atoms in total. The summed E-state index contributed by atoms with van der Waals surface area (Å²) in [5.41, 5.74) is 2.54. The summed E-state index contributed by atoms with van der Waals surface area (Å²) in [5.74, 6) is 0.763. The zero-order valence-corrected chi connectivity index (χ0v) is 12.0. The predicted octanol–water partition coefficient (Wildman–Crippen LogP) is 2.55. The van der Waals surface area contributed by atoms with Gasteiger partial charge in [-0.1, -0.05) is 24.3 Å². The second kappa shape index (κ2) is 6.33. The Kier molecular flexibility index (Phi) is 4.52. The Labute approximate surface area is 118 Å². The molecule has 0 unspecified atom stereocenters. The van der Waals surface area contributed by atoms with Crippen LogP contribution < -0.4 is 10.6 Å². The van der Waals surface area contributed by atoms with Gasteiger partial charge < -0.3 is 10.6 Å². The van der Waals surface area contributed by atoms with Crippen LogP contribution in [0.2, 0.25) is 0 Å². The summed E-state index contributed by atoms with van der Waals surface area (Å²) in [6.07, 6.45) is 1.95. The second-order valence-corrected chi connectivity index (χ2v) is 4.72. The molecule has 0 atom stereocenters. The smallest absolute Gasteiger partial charge is 0.171 e. The van der Waals surface area contributed by atoms with Crippen LogP contribution in [0.5, 0.6) is 0 Å². The molecule has 0 bridgehead atoms. The van der Waals surface area contributed by atoms with Crippen LogP contribution in [-0.4, -0.2) is 21.4 Å². The number of anilines is 1. The third kappa shape index (κ3) is 3.79. The maximum absolute atomic E-state index is 5.12. The number of hydrogen-bond donors (Lipinski definition) is 2. The minimum Gasteiger partial charge on any atom is -0.363 e. The lowest BCUT2D eigenvalue weighted by molar-refractivity contribution is 0.687. The molecular weight excluding hydrogens is 256 g/mol. The zero-order valence-electron chi connectivity index (χ0n) is 11.2. The average Bonchev–Trinajstić information content (AvgIpc) is 2.80. The Hall–Kier alpha value is -1.88. The molecule has 0 spiro atoms. The maximum atomic E-state index is 5.12. The highest BCUT2D eigenvalue weighted by molar-refractivity contribution is 7.80. The van der Waals surface area contributed by atoms with E-state index in [1.54, 1.807) is 0 Å². The highest BCUT2D eigenvalue weighted by Crippen LogP contribution is 2.10. The van der Waals surface area contributed by atoms with Crippen molar-refractivity contribution < 1.29 is 0 Å². The van der Waals surface area contributed by atoms with E-state index < -0.39 is 0 Å². The fraction of sp³-hybridized carbons (Fsp3) is 0.286. The van der Waals surface area contributed by atoms with Gasteiger partial charge in [-0.25, -0.2) is 0 Å². The molecular formula is C14H18N4S. The fourth-order valence-corrected chi connectivity index (χ4v) is 2.05. The van der Waals surface area contributed by atoms with Gasteiger partial charge in [0.05, 0.1) is 6.54 Å². The van der Waals surface area contributed by atoms with Gasteiger partial charge in [-0.3, -0.25) is 4.68 Å². The summed E-state index contributed by atoms with van der Waals surface area (Å²) in [4.78, 5) is 0. The molecule has 100 valence electrons. The van der Waals surface area contributed by atoms with Crippen LogP contribution in [0, 0.1) is 6.92 Å². The van der Waals surface area contributed by atoms with Gasteiger partial charge in [0, 0.05) is 18.8 Å². The van der Waals surface area contributed by atoms with E-state index >= 15 is 0 Å². The monoisotopic (exact) mass is 274 g/mol. The van der Waals surface area contributed by atoms with Crippen LogP contribution in [0.1, 0.15) is 18.1 Å². The molecule has 0 radical (unpaired) electrons. The van der Waals surface area contributed by atoms with E-state index in [0.29, 0.717) is 5.11 Å². The lowest BCUT2D eigenvalue weighted by Gasteiger charge is -2.07. The van der Waals surface area contributed by atoms with E-state index in [1.807, 2.05) is 36.0 Å². The van der Waals surface area contributed by atoms with E-state index in [2.05, 4.69) is 34.8 Å². The Morgan fingerprint density at radius 2 is 2.11 bits per heavy atom. The number of aryl methyl sites for hydroxylation is 1. The van der Waals surface area contributed by atoms with Gasteiger partial charge in [-0.15, -0.1) is 0 Å². The van der Waals surface area contributed by atoms with Crippen molar-refractivity contribution in [2.75, 3.05) is 11.9 Å². The van der Waals surface area contributed by atoms with Gasteiger partial charge in [0.15, 0.2) is 10.9 Å². The van der Waals surface area contributed by atoms with E-state index in [-0.39, 0.29) is 0 Å². The summed E-state index contributed by atoms with van der Waals surface area (Å²) < 4.78 is 1.90. The van der Waals surface area contributed by atoms with Crippen LogP contribution in [0.3, 0.4) is 0 Å². The molecule has 0 saturated carbocycles. The van der Waals surface area contributed by atoms with Crippen LogP contribution in [-0.2, 0) is 6.54 Å². The minimum absolute atomic E-state index is 0.601. The predicted molar refractivity (Wildman–Crippen MR) is 82.4 cm³/mol. The first-order chi connectivity index (χ1) is 9.19. The van der Waals surface area contributed by atoms with E-state index in [1.165, 1.54) is 11.1 Å². The van der Waals surface area contributed by atoms with Crippen molar-refractivity contribution >= 4 is 23.1 Å². The number of nitrogens with one attached hydrogen (secondary N) is 2. The quantitative estimate of drug-likeness (QED) is 0.841. The highest BCUT2D eigenvalue weighted by atomic mass is 32.1. The second-order valence-electron chi connectivity index (χ2n) is 4.31. The van der Waals surface area contributed by atoms with Crippen molar-refractivity contribution in [2.45, 2.75) is 20.4 Å². The van der Waals surface area contributed by atoms with Crippen molar-refractivity contribution in [3.8, 4) is 0 Å². The number of nitrogens with zero attached hydrogens (tertiary/aromatic N) is 2. The standard InChI is InChI=1S/C14H18N4S/c1-3-15-14(19)16-13-8-9-18(17-13)10-12-7-5-4-6-11(12)2/h4-9H,3,10H2,1-2H3,(H2,15,16,17,19). The van der Waals surface area contributed by atoms with E-state index in [9.17, 15) is 0 Å². The molecule has 0 amide bonds. The minimum atomic E-state index is 0.601. The summed E-state index contributed by atoms with van der Waals surface area (Å²) in [5, 5.41) is 11.1. The van der Waals surface area contributed by atoms with Crippen molar-refractivity contribution in [2.24, 2.45) is 0 Å². The van der Waals surface area contributed by atoms with Crippen LogP contribution in [0.4, 0.5) is 5.82 Å². The SMILES string of the molecule is CCNC(=S)Nc1ccn(Cc2ccccc2C)n1. The molecule has 2 N–H and O–H groups in total. The lowest BCUT2D eigenvalue weighted by Crippen LogP contribution is -2.28.